The van der Waals surface area contributed by atoms with Crippen LogP contribution >= 0.6 is 0 Å². The first-order valence-electron chi connectivity index (χ1n) is 5.82. The number of hydrogen-bond donors (Lipinski definition) is 1. The molecule has 1 nitrogen and oxygen atoms in total. The normalized spacial score (nSPS) is 19.2. The van der Waals surface area contributed by atoms with Crippen LogP contribution in [0.1, 0.15) is 37.2 Å². The van der Waals surface area contributed by atoms with Crippen molar-refractivity contribution in [3.05, 3.63) is 29.8 Å². The molecule has 1 atom stereocenters. The zero-order valence-corrected chi connectivity index (χ0v) is 9.20. The van der Waals surface area contributed by atoms with Crippen LogP contribution < -0.4 is 5.73 Å². The van der Waals surface area contributed by atoms with Gasteiger partial charge in [0.2, 0.25) is 6.43 Å². The molecule has 0 aromatic heterocycles. The van der Waals surface area contributed by atoms with Crippen LogP contribution in [0.25, 0.3) is 0 Å². The highest BCUT2D eigenvalue weighted by atomic mass is 19.3. The van der Waals surface area contributed by atoms with Gasteiger partial charge in [-0.2, -0.15) is 0 Å². The smallest absolute Gasteiger partial charge is 0.245 e. The van der Waals surface area contributed by atoms with E-state index in [0.29, 0.717) is 11.3 Å². The van der Waals surface area contributed by atoms with Crippen molar-refractivity contribution in [2.75, 3.05) is 5.73 Å². The lowest BCUT2D eigenvalue weighted by atomic mass is 9.85. The van der Waals surface area contributed by atoms with Gasteiger partial charge in [-0.25, -0.2) is 8.78 Å². The summed E-state index contributed by atoms with van der Waals surface area (Å²) < 4.78 is 26.3. The summed E-state index contributed by atoms with van der Waals surface area (Å²) in [5.74, 6) is -0.507. The minimum Gasteiger partial charge on any atom is -0.399 e. The number of anilines is 1. The molecule has 1 aromatic rings. The van der Waals surface area contributed by atoms with Crippen molar-refractivity contribution in [3.8, 4) is 0 Å². The van der Waals surface area contributed by atoms with Gasteiger partial charge in [-0.05, 0) is 36.5 Å². The molecule has 1 saturated carbocycles. The molecular formula is C13H17F2N. The molecule has 2 rings (SSSR count). The minimum atomic E-state index is -2.29. The molecule has 2 N–H and O–H groups in total. The third-order valence-electron chi connectivity index (χ3n) is 3.47. The van der Waals surface area contributed by atoms with Crippen LogP contribution in [0.15, 0.2) is 24.3 Å². The maximum atomic E-state index is 13.1. The lowest BCUT2D eigenvalue weighted by molar-refractivity contribution is 0.0868. The van der Waals surface area contributed by atoms with Crippen molar-refractivity contribution < 1.29 is 8.78 Å². The summed E-state index contributed by atoms with van der Waals surface area (Å²) in [6.07, 6.45) is 1.71. The van der Waals surface area contributed by atoms with E-state index in [-0.39, 0.29) is 5.92 Å². The molecule has 16 heavy (non-hydrogen) atoms. The van der Waals surface area contributed by atoms with Gasteiger partial charge < -0.3 is 5.73 Å². The second kappa shape index (κ2) is 4.81. The molecular weight excluding hydrogens is 208 g/mol. The average molecular weight is 225 g/mol. The first-order valence-corrected chi connectivity index (χ1v) is 5.82. The van der Waals surface area contributed by atoms with Crippen LogP contribution in [0.5, 0.6) is 0 Å². The lowest BCUT2D eigenvalue weighted by Crippen LogP contribution is -2.18. The number of rotatable bonds is 3. The van der Waals surface area contributed by atoms with E-state index < -0.39 is 12.3 Å². The molecule has 1 aliphatic rings. The van der Waals surface area contributed by atoms with Crippen molar-refractivity contribution in [1.82, 2.24) is 0 Å². The fourth-order valence-corrected chi connectivity index (χ4v) is 2.71. The second-order valence-corrected chi connectivity index (χ2v) is 4.57. The van der Waals surface area contributed by atoms with Gasteiger partial charge >= 0.3 is 0 Å². The van der Waals surface area contributed by atoms with Gasteiger partial charge in [0.25, 0.3) is 0 Å². The monoisotopic (exact) mass is 225 g/mol. The number of nitrogen functional groups attached to an aromatic ring is 1. The molecule has 0 aliphatic heterocycles. The van der Waals surface area contributed by atoms with Crippen molar-refractivity contribution in [3.63, 3.8) is 0 Å². The Balaban J connectivity index is 2.24. The van der Waals surface area contributed by atoms with Gasteiger partial charge in [0.05, 0.1) is 0 Å². The standard InChI is InChI=1S/C13H17F2N/c14-13(15)12(9-4-1-2-5-9)10-6-3-7-11(16)8-10/h3,6-9,12-13H,1-2,4-5,16H2. The summed E-state index contributed by atoms with van der Waals surface area (Å²) >= 11 is 0. The van der Waals surface area contributed by atoms with Gasteiger partial charge in [-0.1, -0.05) is 25.0 Å². The molecule has 0 radical (unpaired) electrons. The maximum Gasteiger partial charge on any atom is 0.245 e. The van der Waals surface area contributed by atoms with E-state index in [9.17, 15) is 8.78 Å². The molecule has 1 fully saturated rings. The summed E-state index contributed by atoms with van der Waals surface area (Å²) in [5.41, 5.74) is 6.92. The van der Waals surface area contributed by atoms with Crippen LogP contribution in [-0.2, 0) is 0 Å². The van der Waals surface area contributed by atoms with Crippen molar-refractivity contribution >= 4 is 5.69 Å². The average Bonchev–Trinajstić information content (AvgIpc) is 2.71. The van der Waals surface area contributed by atoms with Crippen molar-refractivity contribution in [1.29, 1.82) is 0 Å². The Morgan fingerprint density at radius 2 is 1.88 bits per heavy atom. The van der Waals surface area contributed by atoms with E-state index in [4.69, 9.17) is 5.73 Å². The summed E-state index contributed by atoms with van der Waals surface area (Å²) in [6.45, 7) is 0. The number of hydrogen-bond acceptors (Lipinski definition) is 1. The highest BCUT2D eigenvalue weighted by Crippen LogP contribution is 2.41. The molecule has 3 heteroatoms. The molecule has 0 bridgehead atoms. The van der Waals surface area contributed by atoms with E-state index in [1.807, 2.05) is 0 Å². The first kappa shape index (κ1) is 11.4. The van der Waals surface area contributed by atoms with E-state index >= 15 is 0 Å². The van der Waals surface area contributed by atoms with Gasteiger partial charge in [-0.3, -0.25) is 0 Å². The SMILES string of the molecule is Nc1cccc(C(C(F)F)C2CCCC2)c1. The van der Waals surface area contributed by atoms with Gasteiger partial charge in [0, 0.05) is 11.6 Å². The topological polar surface area (TPSA) is 26.0 Å². The van der Waals surface area contributed by atoms with Crippen LogP contribution in [0, 0.1) is 5.92 Å². The predicted octanol–water partition coefficient (Wildman–Crippen LogP) is 3.81. The summed E-state index contributed by atoms with van der Waals surface area (Å²) in [6, 6.07) is 6.95. The summed E-state index contributed by atoms with van der Waals surface area (Å²) in [4.78, 5) is 0. The van der Waals surface area contributed by atoms with Crippen LogP contribution in [0.3, 0.4) is 0 Å². The van der Waals surface area contributed by atoms with Gasteiger partial charge in [0.15, 0.2) is 0 Å². The molecule has 88 valence electrons. The minimum absolute atomic E-state index is 0.127. The van der Waals surface area contributed by atoms with E-state index in [1.165, 1.54) is 0 Å². The third kappa shape index (κ3) is 2.34. The Kier molecular flexibility index (Phi) is 3.42. The van der Waals surface area contributed by atoms with Crippen molar-refractivity contribution in [2.45, 2.75) is 38.0 Å². The largest absolute Gasteiger partial charge is 0.399 e. The van der Waals surface area contributed by atoms with Crippen LogP contribution in [0.2, 0.25) is 0 Å². The summed E-state index contributed by atoms with van der Waals surface area (Å²) in [5, 5.41) is 0. The Morgan fingerprint density at radius 3 is 2.44 bits per heavy atom. The van der Waals surface area contributed by atoms with Crippen LogP contribution in [-0.4, -0.2) is 6.43 Å². The molecule has 1 unspecified atom stereocenters. The predicted molar refractivity (Wildman–Crippen MR) is 61.6 cm³/mol. The highest BCUT2D eigenvalue weighted by molar-refractivity contribution is 5.42. The Bertz CT molecular complexity index is 346. The fraction of sp³-hybridized carbons (Fsp3) is 0.538. The number of nitrogens with two attached hydrogens (primary N) is 1. The number of benzene rings is 1. The Hall–Kier alpha value is -1.12. The Morgan fingerprint density at radius 1 is 1.19 bits per heavy atom. The van der Waals surface area contributed by atoms with E-state index in [2.05, 4.69) is 0 Å². The molecule has 1 aliphatic carbocycles. The van der Waals surface area contributed by atoms with Crippen LogP contribution in [0.4, 0.5) is 14.5 Å². The quantitative estimate of drug-likeness (QED) is 0.778. The van der Waals surface area contributed by atoms with Crippen molar-refractivity contribution in [2.24, 2.45) is 5.92 Å². The molecule has 0 heterocycles. The zero-order chi connectivity index (χ0) is 11.5. The second-order valence-electron chi connectivity index (χ2n) is 4.57. The lowest BCUT2D eigenvalue weighted by Gasteiger charge is -2.23. The molecule has 0 spiro atoms. The maximum absolute atomic E-state index is 13.1. The fourth-order valence-electron chi connectivity index (χ4n) is 2.71. The number of alkyl halides is 2. The van der Waals surface area contributed by atoms with E-state index in [0.717, 1.165) is 25.7 Å². The molecule has 0 saturated heterocycles. The van der Waals surface area contributed by atoms with Gasteiger partial charge in [-0.15, -0.1) is 0 Å². The third-order valence-corrected chi connectivity index (χ3v) is 3.47. The Labute approximate surface area is 94.7 Å². The van der Waals surface area contributed by atoms with Gasteiger partial charge in [0.1, 0.15) is 0 Å². The summed E-state index contributed by atoms with van der Waals surface area (Å²) in [7, 11) is 0. The zero-order valence-electron chi connectivity index (χ0n) is 9.20. The number of halogens is 2. The molecule has 1 aromatic carbocycles. The first-order chi connectivity index (χ1) is 7.68. The highest BCUT2D eigenvalue weighted by Gasteiger charge is 2.33. The molecule has 0 amide bonds. The van der Waals surface area contributed by atoms with E-state index in [1.54, 1.807) is 24.3 Å².